The van der Waals surface area contributed by atoms with Gasteiger partial charge in [0.15, 0.2) is 0 Å². The summed E-state index contributed by atoms with van der Waals surface area (Å²) in [5.41, 5.74) is 2.11. The molecular weight excluding hydrogens is 186 g/mol. The Morgan fingerprint density at radius 1 is 1.47 bits per heavy atom. The number of hydrogen-bond acceptors (Lipinski definition) is 1. The van der Waals surface area contributed by atoms with Crippen molar-refractivity contribution >= 4 is 11.6 Å². The third kappa shape index (κ3) is 3.98. The smallest absolute Gasteiger partial charge is 0.221 e. The summed E-state index contributed by atoms with van der Waals surface area (Å²) < 4.78 is 0. The zero-order chi connectivity index (χ0) is 11.1. The second kappa shape index (κ2) is 6.02. The highest BCUT2D eigenvalue weighted by Gasteiger charge is 2.01. The van der Waals surface area contributed by atoms with Crippen LogP contribution in [0.3, 0.4) is 0 Å². The molecule has 80 valence electrons. The van der Waals surface area contributed by atoms with Crippen molar-refractivity contribution < 1.29 is 4.79 Å². The average Bonchev–Trinajstić information content (AvgIpc) is 2.20. The molecule has 1 amide bonds. The first kappa shape index (κ1) is 11.5. The molecule has 15 heavy (non-hydrogen) atoms. The first-order valence-electron chi connectivity index (χ1n) is 5.20. The fraction of sp³-hybridized carbons (Fsp3) is 0.308. The van der Waals surface area contributed by atoms with E-state index < -0.39 is 0 Å². The topological polar surface area (TPSA) is 29.1 Å². The molecule has 0 aliphatic carbocycles. The first-order valence-corrected chi connectivity index (χ1v) is 5.20. The highest BCUT2D eigenvalue weighted by atomic mass is 16.1. The normalized spacial score (nSPS) is 9.67. The van der Waals surface area contributed by atoms with Gasteiger partial charge < -0.3 is 5.32 Å². The molecule has 1 aromatic carbocycles. The fourth-order valence-corrected chi connectivity index (χ4v) is 1.49. The summed E-state index contributed by atoms with van der Waals surface area (Å²) >= 11 is 0. The van der Waals surface area contributed by atoms with E-state index in [9.17, 15) is 4.79 Å². The predicted octanol–water partition coefficient (Wildman–Crippen LogP) is 3.15. The van der Waals surface area contributed by atoms with Gasteiger partial charge in [0.1, 0.15) is 0 Å². The van der Waals surface area contributed by atoms with Crippen LogP contribution in [0.25, 0.3) is 0 Å². The van der Waals surface area contributed by atoms with Crippen molar-refractivity contribution in [1.29, 1.82) is 0 Å². The van der Waals surface area contributed by atoms with E-state index in [1.54, 1.807) is 0 Å². The number of para-hydroxylation sites is 1. The third-order valence-corrected chi connectivity index (χ3v) is 2.18. The quantitative estimate of drug-likeness (QED) is 0.578. The zero-order valence-corrected chi connectivity index (χ0v) is 9.12. The lowest BCUT2D eigenvalue weighted by Gasteiger charge is -2.08. The van der Waals surface area contributed by atoms with Crippen LogP contribution in [0.5, 0.6) is 0 Å². The van der Waals surface area contributed by atoms with E-state index >= 15 is 0 Å². The second-order valence-corrected chi connectivity index (χ2v) is 3.52. The van der Waals surface area contributed by atoms with Crippen molar-refractivity contribution in [3.63, 3.8) is 0 Å². The molecule has 1 rings (SSSR count). The van der Waals surface area contributed by atoms with E-state index in [4.69, 9.17) is 0 Å². The lowest BCUT2D eigenvalue weighted by atomic mass is 10.1. The molecule has 0 saturated heterocycles. The van der Waals surface area contributed by atoms with Gasteiger partial charge in [-0.15, -0.1) is 6.58 Å². The van der Waals surface area contributed by atoms with Gasteiger partial charge in [-0.1, -0.05) is 24.3 Å². The van der Waals surface area contributed by atoms with Crippen LogP contribution in [0.1, 0.15) is 25.3 Å². The van der Waals surface area contributed by atoms with E-state index in [-0.39, 0.29) is 5.91 Å². The van der Waals surface area contributed by atoms with Crippen LogP contribution >= 0.6 is 0 Å². The summed E-state index contributed by atoms with van der Waals surface area (Å²) in [5.74, 6) is -0.0221. The van der Waals surface area contributed by atoms with Gasteiger partial charge in [-0.05, 0) is 30.9 Å². The second-order valence-electron chi connectivity index (χ2n) is 3.52. The Hall–Kier alpha value is -1.57. The third-order valence-electron chi connectivity index (χ3n) is 2.18. The molecule has 0 aliphatic rings. The maximum atomic E-state index is 11.0. The first-order chi connectivity index (χ1) is 7.24. The number of nitrogens with one attached hydrogen (secondary N) is 1. The number of allylic oxidation sites excluding steroid dienone is 1. The molecule has 0 atom stereocenters. The molecule has 0 saturated carbocycles. The van der Waals surface area contributed by atoms with Crippen molar-refractivity contribution in [3.8, 4) is 0 Å². The minimum atomic E-state index is -0.0221. The van der Waals surface area contributed by atoms with E-state index in [0.29, 0.717) is 0 Å². The van der Waals surface area contributed by atoms with Gasteiger partial charge in [0.05, 0.1) is 0 Å². The minimum absolute atomic E-state index is 0.0221. The monoisotopic (exact) mass is 203 g/mol. The minimum Gasteiger partial charge on any atom is -0.326 e. The number of unbranched alkanes of at least 4 members (excludes halogenated alkanes) is 1. The predicted molar refractivity (Wildman–Crippen MR) is 63.9 cm³/mol. The summed E-state index contributed by atoms with van der Waals surface area (Å²) in [7, 11) is 0. The van der Waals surface area contributed by atoms with Gasteiger partial charge in [-0.2, -0.15) is 0 Å². The molecule has 0 fully saturated rings. The number of amides is 1. The van der Waals surface area contributed by atoms with Crippen molar-refractivity contribution in [1.82, 2.24) is 0 Å². The van der Waals surface area contributed by atoms with Crippen molar-refractivity contribution in [2.45, 2.75) is 26.2 Å². The number of rotatable bonds is 5. The van der Waals surface area contributed by atoms with Crippen molar-refractivity contribution in [3.05, 3.63) is 42.5 Å². The highest BCUT2D eigenvalue weighted by molar-refractivity contribution is 5.89. The van der Waals surface area contributed by atoms with Crippen LogP contribution in [-0.2, 0) is 11.2 Å². The largest absolute Gasteiger partial charge is 0.326 e. The van der Waals surface area contributed by atoms with Crippen LogP contribution in [0.15, 0.2) is 36.9 Å². The Kier molecular flexibility index (Phi) is 4.61. The van der Waals surface area contributed by atoms with Gasteiger partial charge in [0.2, 0.25) is 5.91 Å². The van der Waals surface area contributed by atoms with Gasteiger partial charge in [0, 0.05) is 12.6 Å². The number of benzene rings is 1. The van der Waals surface area contributed by atoms with Crippen LogP contribution in [0, 0.1) is 0 Å². The van der Waals surface area contributed by atoms with Crippen LogP contribution in [0.4, 0.5) is 5.69 Å². The molecule has 1 N–H and O–H groups in total. The molecule has 0 heterocycles. The van der Waals surface area contributed by atoms with Crippen molar-refractivity contribution in [2.75, 3.05) is 5.32 Å². The molecule has 0 radical (unpaired) electrons. The van der Waals surface area contributed by atoms with E-state index in [1.165, 1.54) is 12.5 Å². The SMILES string of the molecule is C=CCCCc1ccccc1NC(C)=O. The summed E-state index contributed by atoms with van der Waals surface area (Å²) in [6.45, 7) is 5.22. The summed E-state index contributed by atoms with van der Waals surface area (Å²) in [5, 5.41) is 2.84. The molecule has 0 aromatic heterocycles. The average molecular weight is 203 g/mol. The van der Waals surface area contributed by atoms with Crippen molar-refractivity contribution in [2.24, 2.45) is 0 Å². The van der Waals surface area contributed by atoms with E-state index in [2.05, 4.69) is 11.9 Å². The molecule has 2 heteroatoms. The van der Waals surface area contributed by atoms with Gasteiger partial charge >= 0.3 is 0 Å². The summed E-state index contributed by atoms with van der Waals surface area (Å²) in [6, 6.07) is 7.91. The van der Waals surface area contributed by atoms with Crippen LogP contribution in [0.2, 0.25) is 0 Å². The van der Waals surface area contributed by atoms with E-state index in [0.717, 1.165) is 24.9 Å². The Bertz CT molecular complexity index is 344. The standard InChI is InChI=1S/C13H17NO/c1-3-4-5-8-12-9-6-7-10-13(12)14-11(2)15/h3,6-7,9-10H,1,4-5,8H2,2H3,(H,14,15). The number of aryl methyl sites for hydroxylation is 1. The molecule has 0 unspecified atom stereocenters. The summed E-state index contributed by atoms with van der Waals surface area (Å²) in [4.78, 5) is 11.0. The number of hydrogen-bond donors (Lipinski definition) is 1. The zero-order valence-electron chi connectivity index (χ0n) is 9.12. The molecule has 0 bridgehead atoms. The Balaban J connectivity index is 2.67. The van der Waals surface area contributed by atoms with E-state index in [1.807, 2.05) is 30.3 Å². The highest BCUT2D eigenvalue weighted by Crippen LogP contribution is 2.17. The number of anilines is 1. The Morgan fingerprint density at radius 3 is 2.87 bits per heavy atom. The Morgan fingerprint density at radius 2 is 2.20 bits per heavy atom. The molecule has 1 aromatic rings. The maximum Gasteiger partial charge on any atom is 0.221 e. The molecule has 0 aliphatic heterocycles. The lowest BCUT2D eigenvalue weighted by molar-refractivity contribution is -0.114. The molecular formula is C13H17NO. The van der Waals surface area contributed by atoms with Gasteiger partial charge in [0.25, 0.3) is 0 Å². The van der Waals surface area contributed by atoms with Gasteiger partial charge in [-0.25, -0.2) is 0 Å². The molecule has 2 nitrogen and oxygen atoms in total. The van der Waals surface area contributed by atoms with Crippen LogP contribution < -0.4 is 5.32 Å². The molecule has 0 spiro atoms. The lowest BCUT2D eigenvalue weighted by Crippen LogP contribution is -2.07. The Labute approximate surface area is 91.0 Å². The summed E-state index contributed by atoms with van der Waals surface area (Å²) in [6.07, 6.45) is 4.97. The number of carbonyl (C=O) groups is 1. The van der Waals surface area contributed by atoms with Gasteiger partial charge in [-0.3, -0.25) is 4.79 Å². The maximum absolute atomic E-state index is 11.0. The van der Waals surface area contributed by atoms with Crippen LogP contribution in [-0.4, -0.2) is 5.91 Å². The fourth-order valence-electron chi connectivity index (χ4n) is 1.49. The number of carbonyl (C=O) groups excluding carboxylic acids is 1.